The first-order valence-electron chi connectivity index (χ1n) is 10.1. The number of benzene rings is 4. The maximum atomic E-state index is 13.0. The van der Waals surface area contributed by atoms with Crippen molar-refractivity contribution in [1.82, 2.24) is 0 Å². The second-order valence-corrected chi connectivity index (χ2v) is 11.2. The van der Waals surface area contributed by atoms with Gasteiger partial charge in [-0.3, -0.25) is 14.1 Å². The normalized spacial score (nSPS) is 11.5. The third-order valence-corrected chi connectivity index (χ3v) is 7.30. The SMILES string of the molecule is CC(=O)Cc1ccc2cc(S(=O)(=O)Nc3ccc4cccc(S(=O)(=O)O)c4c3)ccc2c1.O=S(=O)=O. The Morgan fingerprint density at radius 3 is 2.08 bits per heavy atom. The number of Topliss-reactive ketones (excluding diaryl/α,β-unsaturated/α-hetero) is 1. The van der Waals surface area contributed by atoms with E-state index < -0.39 is 30.8 Å². The molecule has 0 aliphatic heterocycles. The molecule has 2 N–H and O–H groups in total. The van der Waals surface area contributed by atoms with Crippen molar-refractivity contribution < 1.29 is 38.8 Å². The molecule has 10 nitrogen and oxygen atoms in total. The number of carbonyl (C=O) groups excluding carboxylic acids is 1. The predicted octanol–water partition coefficient (Wildman–Crippen LogP) is 3.17. The summed E-state index contributed by atoms with van der Waals surface area (Å²) in [6.45, 7) is 1.51. The fraction of sp³-hybridized carbons (Fsp3) is 0.0870. The number of carbonyl (C=O) groups is 1. The van der Waals surface area contributed by atoms with Crippen LogP contribution in [0.3, 0.4) is 0 Å². The minimum Gasteiger partial charge on any atom is -0.300 e. The molecule has 0 aliphatic rings. The van der Waals surface area contributed by atoms with Gasteiger partial charge in [0.25, 0.3) is 20.1 Å². The summed E-state index contributed by atoms with van der Waals surface area (Å²) in [6.07, 6.45) is 0.311. The molecule has 0 saturated carbocycles. The lowest BCUT2D eigenvalue weighted by Crippen LogP contribution is -2.13. The first-order chi connectivity index (χ1) is 16.8. The fourth-order valence-electron chi connectivity index (χ4n) is 3.58. The first-order valence-corrected chi connectivity index (χ1v) is 14.0. The number of nitrogens with one attached hydrogen (secondary N) is 1. The summed E-state index contributed by atoms with van der Waals surface area (Å²) in [5.41, 5.74) is 1.01. The summed E-state index contributed by atoms with van der Waals surface area (Å²) >= 11 is 0. The molecule has 0 atom stereocenters. The zero-order chi connectivity index (χ0) is 26.7. The Morgan fingerprint density at radius 1 is 0.833 bits per heavy atom. The second-order valence-electron chi connectivity index (χ2n) is 7.70. The highest BCUT2D eigenvalue weighted by atomic mass is 32.2. The van der Waals surface area contributed by atoms with Gasteiger partial charge in [0.2, 0.25) is 0 Å². The van der Waals surface area contributed by atoms with Crippen molar-refractivity contribution in [3.63, 3.8) is 0 Å². The molecular formula is C23H19NO9S3. The molecule has 0 radical (unpaired) electrons. The lowest BCUT2D eigenvalue weighted by atomic mass is 10.0. The Labute approximate surface area is 208 Å². The summed E-state index contributed by atoms with van der Waals surface area (Å²) in [7, 11) is -11.6. The molecule has 188 valence electrons. The van der Waals surface area contributed by atoms with E-state index in [1.165, 1.54) is 43.3 Å². The summed E-state index contributed by atoms with van der Waals surface area (Å²) in [4.78, 5) is 11.1. The fourth-order valence-corrected chi connectivity index (χ4v) is 5.37. The Hall–Kier alpha value is -3.65. The molecule has 0 amide bonds. The number of anilines is 1. The van der Waals surface area contributed by atoms with Gasteiger partial charge < -0.3 is 0 Å². The van der Waals surface area contributed by atoms with Crippen LogP contribution in [-0.2, 0) is 42.0 Å². The van der Waals surface area contributed by atoms with Gasteiger partial charge in [0.15, 0.2) is 0 Å². The smallest absolute Gasteiger partial charge is 0.300 e. The number of ketones is 1. The third-order valence-electron chi connectivity index (χ3n) is 5.01. The van der Waals surface area contributed by atoms with E-state index in [-0.39, 0.29) is 26.6 Å². The van der Waals surface area contributed by atoms with Crippen LogP contribution in [0, 0.1) is 0 Å². The van der Waals surface area contributed by atoms with Gasteiger partial charge in [-0.05, 0) is 59.0 Å². The number of sulfonamides is 1. The van der Waals surface area contributed by atoms with Gasteiger partial charge in [-0.25, -0.2) is 8.42 Å². The Morgan fingerprint density at radius 2 is 1.44 bits per heavy atom. The molecule has 4 rings (SSSR count). The molecule has 0 bridgehead atoms. The quantitative estimate of drug-likeness (QED) is 0.343. The zero-order valence-electron chi connectivity index (χ0n) is 18.6. The average molecular weight is 550 g/mol. The summed E-state index contributed by atoms with van der Waals surface area (Å²) < 4.78 is 86.5. The number of fused-ring (bicyclic) bond motifs is 2. The van der Waals surface area contributed by atoms with Crippen LogP contribution in [0.2, 0.25) is 0 Å². The van der Waals surface area contributed by atoms with Crippen LogP contribution in [0.5, 0.6) is 0 Å². The molecular weight excluding hydrogens is 530 g/mol. The van der Waals surface area contributed by atoms with Crippen molar-refractivity contribution in [2.75, 3.05) is 4.72 Å². The van der Waals surface area contributed by atoms with Gasteiger partial charge in [0.05, 0.1) is 4.90 Å². The van der Waals surface area contributed by atoms with Crippen LogP contribution in [0.1, 0.15) is 12.5 Å². The number of hydrogen-bond acceptors (Lipinski definition) is 8. The van der Waals surface area contributed by atoms with Gasteiger partial charge in [0.1, 0.15) is 10.7 Å². The second kappa shape index (κ2) is 10.5. The van der Waals surface area contributed by atoms with E-state index in [1.54, 1.807) is 30.3 Å². The monoisotopic (exact) mass is 549 g/mol. The highest BCUT2D eigenvalue weighted by molar-refractivity contribution is 7.92. The van der Waals surface area contributed by atoms with E-state index in [1.807, 2.05) is 6.07 Å². The predicted molar refractivity (Wildman–Crippen MR) is 133 cm³/mol. The molecule has 0 aliphatic carbocycles. The largest absolute Gasteiger partial charge is 0.425 e. The number of rotatable bonds is 6. The average Bonchev–Trinajstić information content (AvgIpc) is 2.76. The molecule has 13 heteroatoms. The van der Waals surface area contributed by atoms with E-state index in [9.17, 15) is 26.2 Å². The van der Waals surface area contributed by atoms with Crippen LogP contribution in [-0.4, -0.2) is 39.8 Å². The lowest BCUT2D eigenvalue weighted by molar-refractivity contribution is -0.116. The van der Waals surface area contributed by atoms with E-state index >= 15 is 0 Å². The van der Waals surface area contributed by atoms with Crippen molar-refractivity contribution >= 4 is 63.8 Å². The van der Waals surface area contributed by atoms with Crippen molar-refractivity contribution in [3.05, 3.63) is 78.4 Å². The molecule has 0 fully saturated rings. The van der Waals surface area contributed by atoms with Gasteiger partial charge >= 0.3 is 10.6 Å². The highest BCUT2D eigenvalue weighted by Crippen LogP contribution is 2.28. The molecule has 0 heterocycles. The van der Waals surface area contributed by atoms with Crippen LogP contribution < -0.4 is 4.72 Å². The van der Waals surface area contributed by atoms with Crippen molar-refractivity contribution in [1.29, 1.82) is 0 Å². The highest BCUT2D eigenvalue weighted by Gasteiger charge is 2.18. The van der Waals surface area contributed by atoms with Crippen molar-refractivity contribution in [2.24, 2.45) is 0 Å². The maximum absolute atomic E-state index is 13.0. The molecule has 0 spiro atoms. The summed E-state index contributed by atoms with van der Waals surface area (Å²) in [5.74, 6) is 0.0419. The van der Waals surface area contributed by atoms with E-state index in [2.05, 4.69) is 4.72 Å². The zero-order valence-corrected chi connectivity index (χ0v) is 21.0. The maximum Gasteiger partial charge on any atom is 0.425 e. The van der Waals surface area contributed by atoms with E-state index in [4.69, 9.17) is 12.6 Å². The van der Waals surface area contributed by atoms with Crippen LogP contribution in [0.15, 0.2) is 82.6 Å². The van der Waals surface area contributed by atoms with Crippen molar-refractivity contribution in [2.45, 2.75) is 23.1 Å². The molecule has 36 heavy (non-hydrogen) atoms. The van der Waals surface area contributed by atoms with Crippen LogP contribution in [0.4, 0.5) is 5.69 Å². The minimum atomic E-state index is -4.48. The van der Waals surface area contributed by atoms with Gasteiger partial charge in [-0.15, -0.1) is 12.6 Å². The summed E-state index contributed by atoms with van der Waals surface area (Å²) in [6, 6.07) is 18.9. The van der Waals surface area contributed by atoms with Crippen LogP contribution in [0.25, 0.3) is 21.5 Å². The van der Waals surface area contributed by atoms with Gasteiger partial charge in [0, 0.05) is 17.5 Å². The molecule has 0 aromatic heterocycles. The standard InChI is InChI=1S/C23H19NO6S2.O3S/c1-15(25)11-16-5-6-19-13-21(10-8-18(19)12-16)31(26,27)24-20-9-7-17-3-2-4-23(22(17)14-20)32(28,29)30;1-4(2)3/h2-10,12-14,24H,11H2,1H3,(H,28,29,30);. The third kappa shape index (κ3) is 6.73. The first kappa shape index (κ1) is 26.9. The lowest BCUT2D eigenvalue weighted by Gasteiger charge is -2.11. The molecule has 0 saturated heterocycles. The van der Waals surface area contributed by atoms with E-state index in [0.29, 0.717) is 17.2 Å². The topological polar surface area (TPSA) is 169 Å². The molecule has 4 aromatic carbocycles. The summed E-state index contributed by atoms with van der Waals surface area (Å²) in [5, 5.41) is 2.25. The van der Waals surface area contributed by atoms with Crippen molar-refractivity contribution in [3.8, 4) is 0 Å². The Kier molecular flexibility index (Phi) is 7.89. The molecule has 0 unspecified atom stereocenters. The molecule has 4 aromatic rings. The number of hydrogen-bond donors (Lipinski definition) is 2. The van der Waals surface area contributed by atoms with E-state index in [0.717, 1.165) is 10.9 Å². The van der Waals surface area contributed by atoms with Crippen LogP contribution >= 0.6 is 0 Å². The minimum absolute atomic E-state index is 0.0347. The Balaban J connectivity index is 0.000000840. The van der Waals surface area contributed by atoms with Gasteiger partial charge in [-0.2, -0.15) is 8.42 Å². The Bertz CT molecular complexity index is 1810. The van der Waals surface area contributed by atoms with Gasteiger partial charge in [-0.1, -0.05) is 42.5 Å².